The van der Waals surface area contributed by atoms with Crippen LogP contribution in [0.25, 0.3) is 6.08 Å². The normalized spacial score (nSPS) is 12.3. The molecule has 2 aromatic carbocycles. The molecule has 0 aliphatic rings. The minimum absolute atomic E-state index is 0.0320. The SMILES string of the molecule is O=[N+]([O-])c1cc(C=C[S+]([O-])Cc2ccc(Cl)cc2Cl)c(O)c([N+](=O)[O-])c1. The summed E-state index contributed by atoms with van der Waals surface area (Å²) in [6.07, 6.45) is 1.12. The summed E-state index contributed by atoms with van der Waals surface area (Å²) in [7, 11) is 0. The first-order chi connectivity index (χ1) is 12.2. The molecule has 2 rings (SSSR count). The molecule has 0 heterocycles. The van der Waals surface area contributed by atoms with Crippen LogP contribution in [0, 0.1) is 20.2 Å². The summed E-state index contributed by atoms with van der Waals surface area (Å²) in [6.45, 7) is 0. The Balaban J connectivity index is 2.28. The molecule has 1 N–H and O–H groups in total. The van der Waals surface area contributed by atoms with Crippen molar-refractivity contribution in [2.45, 2.75) is 5.75 Å². The summed E-state index contributed by atoms with van der Waals surface area (Å²) in [4.78, 5) is 20.0. The number of hydrogen-bond acceptors (Lipinski definition) is 6. The van der Waals surface area contributed by atoms with E-state index in [1.165, 1.54) is 6.07 Å². The van der Waals surface area contributed by atoms with E-state index in [1.807, 2.05) is 0 Å². The third kappa shape index (κ3) is 4.85. The van der Waals surface area contributed by atoms with E-state index in [4.69, 9.17) is 23.2 Å². The third-order valence-corrected chi connectivity index (χ3v) is 4.85. The Bertz CT molecular complexity index is 906. The molecule has 2 aromatic rings. The Morgan fingerprint density at radius 1 is 1.12 bits per heavy atom. The zero-order valence-electron chi connectivity index (χ0n) is 12.8. The number of rotatable bonds is 6. The number of nitrogens with zero attached hydrogens (tertiary/aromatic N) is 2. The van der Waals surface area contributed by atoms with Crippen LogP contribution in [0.1, 0.15) is 11.1 Å². The van der Waals surface area contributed by atoms with E-state index in [9.17, 15) is 29.9 Å². The second-order valence-electron chi connectivity index (χ2n) is 4.98. The van der Waals surface area contributed by atoms with Crippen LogP contribution < -0.4 is 0 Å². The number of benzene rings is 2. The Morgan fingerprint density at radius 3 is 2.38 bits per heavy atom. The lowest BCUT2D eigenvalue weighted by molar-refractivity contribution is -0.394. The molecular formula is C15H10Cl2N2O6S. The molecule has 26 heavy (non-hydrogen) atoms. The van der Waals surface area contributed by atoms with Gasteiger partial charge in [-0.25, -0.2) is 0 Å². The van der Waals surface area contributed by atoms with E-state index in [2.05, 4.69) is 0 Å². The summed E-state index contributed by atoms with van der Waals surface area (Å²) in [5.41, 5.74) is -1.01. The highest BCUT2D eigenvalue weighted by molar-refractivity contribution is 7.93. The van der Waals surface area contributed by atoms with Gasteiger partial charge in [0.05, 0.1) is 15.9 Å². The highest BCUT2D eigenvalue weighted by atomic mass is 35.5. The molecule has 0 amide bonds. The smallest absolute Gasteiger partial charge is 0.318 e. The molecule has 0 fully saturated rings. The van der Waals surface area contributed by atoms with E-state index >= 15 is 0 Å². The number of halogens is 2. The van der Waals surface area contributed by atoms with Crippen LogP contribution in [0.2, 0.25) is 10.0 Å². The van der Waals surface area contributed by atoms with E-state index in [1.54, 1.807) is 12.1 Å². The van der Waals surface area contributed by atoms with Crippen LogP contribution in [0.3, 0.4) is 0 Å². The van der Waals surface area contributed by atoms with Crippen LogP contribution in [-0.2, 0) is 16.9 Å². The van der Waals surface area contributed by atoms with Crippen molar-refractivity contribution < 1.29 is 19.5 Å². The van der Waals surface area contributed by atoms with Crippen molar-refractivity contribution in [1.29, 1.82) is 0 Å². The van der Waals surface area contributed by atoms with Gasteiger partial charge in [0.1, 0.15) is 11.2 Å². The monoisotopic (exact) mass is 416 g/mol. The predicted octanol–water partition coefficient (Wildman–Crippen LogP) is 4.44. The fourth-order valence-electron chi connectivity index (χ4n) is 1.99. The fraction of sp³-hybridized carbons (Fsp3) is 0.0667. The van der Waals surface area contributed by atoms with Gasteiger partial charge < -0.3 is 9.66 Å². The maximum Gasteiger partial charge on any atom is 0.318 e. The van der Waals surface area contributed by atoms with Crippen molar-refractivity contribution in [3.63, 3.8) is 0 Å². The van der Waals surface area contributed by atoms with Crippen molar-refractivity contribution in [2.24, 2.45) is 0 Å². The van der Waals surface area contributed by atoms with E-state index < -0.39 is 38.1 Å². The van der Waals surface area contributed by atoms with Crippen molar-refractivity contribution >= 4 is 51.8 Å². The van der Waals surface area contributed by atoms with Gasteiger partial charge in [0, 0.05) is 27.2 Å². The molecule has 1 unspecified atom stereocenters. The molecule has 0 spiro atoms. The van der Waals surface area contributed by atoms with Gasteiger partial charge in [-0.05, 0) is 29.4 Å². The van der Waals surface area contributed by atoms with Gasteiger partial charge in [-0.1, -0.05) is 29.3 Å². The van der Waals surface area contributed by atoms with Gasteiger partial charge in [-0.15, -0.1) is 0 Å². The first-order valence-corrected chi connectivity index (χ1v) is 8.98. The van der Waals surface area contributed by atoms with Crippen LogP contribution in [0.5, 0.6) is 5.75 Å². The standard InChI is InChI=1S/C15H10Cl2N2O6S/c16-11-2-1-10(13(17)6-11)8-26(25)4-3-9-5-12(18(21)22)7-14(15(9)20)19(23)24/h1-7,20H,8H2. The number of phenols is 1. The molecule has 0 bridgehead atoms. The number of non-ortho nitro benzene ring substituents is 1. The minimum Gasteiger partial charge on any atom is -0.612 e. The van der Waals surface area contributed by atoms with Crippen LogP contribution in [0.15, 0.2) is 35.7 Å². The van der Waals surface area contributed by atoms with E-state index in [0.29, 0.717) is 21.7 Å². The molecule has 0 saturated carbocycles. The van der Waals surface area contributed by atoms with Crippen LogP contribution in [-0.4, -0.2) is 19.5 Å². The summed E-state index contributed by atoms with van der Waals surface area (Å²) < 4.78 is 12.2. The largest absolute Gasteiger partial charge is 0.612 e. The molecule has 0 aliphatic heterocycles. The van der Waals surface area contributed by atoms with Gasteiger partial charge in [-0.3, -0.25) is 20.2 Å². The van der Waals surface area contributed by atoms with Gasteiger partial charge in [-0.2, -0.15) is 0 Å². The van der Waals surface area contributed by atoms with Crippen molar-refractivity contribution in [3.05, 3.63) is 77.1 Å². The van der Waals surface area contributed by atoms with E-state index in [-0.39, 0.29) is 11.3 Å². The summed E-state index contributed by atoms with van der Waals surface area (Å²) >= 11 is 10.2. The maximum atomic E-state index is 12.2. The molecule has 0 radical (unpaired) electrons. The molecule has 8 nitrogen and oxygen atoms in total. The first kappa shape index (κ1) is 20.0. The lowest BCUT2D eigenvalue weighted by Crippen LogP contribution is -2.01. The molecule has 11 heteroatoms. The fourth-order valence-corrected chi connectivity index (χ4v) is 3.49. The lowest BCUT2D eigenvalue weighted by atomic mass is 10.1. The summed E-state index contributed by atoms with van der Waals surface area (Å²) in [6, 6.07) is 6.28. The van der Waals surface area contributed by atoms with Crippen molar-refractivity contribution in [3.8, 4) is 5.75 Å². The van der Waals surface area contributed by atoms with Gasteiger partial charge >= 0.3 is 5.69 Å². The minimum atomic E-state index is -1.59. The molecule has 0 aromatic heterocycles. The third-order valence-electron chi connectivity index (χ3n) is 3.22. The van der Waals surface area contributed by atoms with Crippen molar-refractivity contribution in [1.82, 2.24) is 0 Å². The number of phenolic OH excluding ortho intramolecular Hbond substituents is 1. The lowest BCUT2D eigenvalue weighted by Gasteiger charge is -2.08. The first-order valence-electron chi connectivity index (χ1n) is 6.84. The molecule has 136 valence electrons. The van der Waals surface area contributed by atoms with Gasteiger partial charge in [0.2, 0.25) is 5.75 Å². The Hall–Kier alpha value is -2.33. The molecular weight excluding hydrogens is 407 g/mol. The number of nitro groups is 2. The van der Waals surface area contributed by atoms with Crippen LogP contribution >= 0.6 is 23.2 Å². The van der Waals surface area contributed by atoms with E-state index in [0.717, 1.165) is 17.6 Å². The molecule has 1 atom stereocenters. The number of hydrogen-bond donors (Lipinski definition) is 1. The van der Waals surface area contributed by atoms with Crippen LogP contribution in [0.4, 0.5) is 11.4 Å². The Morgan fingerprint density at radius 2 is 1.81 bits per heavy atom. The van der Waals surface area contributed by atoms with Crippen molar-refractivity contribution in [2.75, 3.05) is 0 Å². The van der Waals surface area contributed by atoms with Gasteiger partial charge in [0.25, 0.3) is 5.69 Å². The number of aromatic hydroxyl groups is 1. The average molecular weight is 417 g/mol. The average Bonchev–Trinajstić information content (AvgIpc) is 2.56. The highest BCUT2D eigenvalue weighted by Crippen LogP contribution is 2.35. The second kappa shape index (κ2) is 8.37. The van der Waals surface area contributed by atoms with Gasteiger partial charge in [0.15, 0.2) is 0 Å². The molecule has 0 saturated heterocycles. The predicted molar refractivity (Wildman–Crippen MR) is 98.8 cm³/mol. The summed E-state index contributed by atoms with van der Waals surface area (Å²) in [5, 5.41) is 33.6. The molecule has 0 aliphatic carbocycles. The highest BCUT2D eigenvalue weighted by Gasteiger charge is 2.23. The Kier molecular flexibility index (Phi) is 6.43. The maximum absolute atomic E-state index is 12.2. The zero-order chi connectivity index (χ0) is 19.4. The second-order valence-corrected chi connectivity index (χ2v) is 7.15. The number of nitro benzene ring substituents is 2. The quantitative estimate of drug-likeness (QED) is 0.420. The summed E-state index contributed by atoms with van der Waals surface area (Å²) in [5.74, 6) is -0.719. The Labute approximate surface area is 160 Å². The zero-order valence-corrected chi connectivity index (χ0v) is 15.1. The topological polar surface area (TPSA) is 130 Å².